The standard InChI is InChI=1S/C23H28N2O4S.C22H26N2O4S.C2H6O.Li.H2O/c1-6-20(24-30(27,28)22-16(3)11-15(2)12-17(22)4)14-25-10-9-18-13-19(23(26)29-5)7-8-21(18)25;1-5-19(23-29(27,28)21-15(3)10-14(2)11-16(21)4)13-24-9-8-17-12-18(22(25)26)6-7-20(17)24;1-2-3;;/h7-13,20,24H,6,14H2,1-5H3;6-12,19,23H,5,13H2,1-4H3,(H,25,26);3H,2H2,1H3;;1H2/q;;;+1;/p-1/t20-;19-;;;/m00.../s1. The number of hydrogen-bond donors (Lipinski definition) is 4. The molecule has 0 amide bonds. The number of aliphatic hydroxyl groups is 1. The molecule has 4 aromatic carbocycles. The summed E-state index contributed by atoms with van der Waals surface area (Å²) in [7, 11) is -5.96. The molecule has 5 N–H and O–H groups in total. The van der Waals surface area contributed by atoms with Crippen LogP contribution < -0.4 is 28.3 Å². The Balaban J connectivity index is 0.000000403. The molecule has 0 radical (unpaired) electrons. The number of esters is 1. The Kier molecular flexibility index (Phi) is 20.7. The van der Waals surface area contributed by atoms with Crippen LogP contribution in [-0.2, 0) is 37.9 Å². The van der Waals surface area contributed by atoms with Gasteiger partial charge in [0.2, 0.25) is 20.0 Å². The first kappa shape index (κ1) is 55.4. The third-order valence-corrected chi connectivity index (χ3v) is 14.1. The number of carbonyl (C=O) groups excluding carboxylic acids is 1. The van der Waals surface area contributed by atoms with Gasteiger partial charge in [-0.1, -0.05) is 49.2 Å². The molecule has 0 spiro atoms. The molecule has 64 heavy (non-hydrogen) atoms. The van der Waals surface area contributed by atoms with E-state index in [1.165, 1.54) is 7.11 Å². The number of aromatic carboxylic acids is 1. The molecule has 2 heterocycles. The first-order chi connectivity index (χ1) is 29.2. The number of hydrogen-bond acceptors (Lipinski definition) is 9. The van der Waals surface area contributed by atoms with Crippen LogP contribution in [0.25, 0.3) is 21.8 Å². The number of sulfonamides is 2. The summed E-state index contributed by atoms with van der Waals surface area (Å²) >= 11 is 0. The minimum absolute atomic E-state index is 0. The molecule has 0 saturated carbocycles. The molecule has 0 saturated heterocycles. The van der Waals surface area contributed by atoms with Crippen molar-refractivity contribution in [2.45, 2.75) is 110 Å². The van der Waals surface area contributed by atoms with E-state index in [4.69, 9.17) is 14.9 Å². The summed E-state index contributed by atoms with van der Waals surface area (Å²) in [4.78, 5) is 23.6. The smallest absolute Gasteiger partial charge is 0.870 e. The maximum Gasteiger partial charge on any atom is 1.00 e. The van der Waals surface area contributed by atoms with Gasteiger partial charge in [-0.3, -0.25) is 0 Å². The van der Waals surface area contributed by atoms with Crippen LogP contribution in [0.3, 0.4) is 0 Å². The number of fused-ring (bicyclic) bond motifs is 2. The minimum atomic E-state index is -3.67. The number of aliphatic hydroxyl groups excluding tert-OH is 1. The zero-order chi connectivity index (χ0) is 46.1. The van der Waals surface area contributed by atoms with E-state index in [1.54, 1.807) is 37.3 Å². The van der Waals surface area contributed by atoms with E-state index in [0.717, 1.165) is 55.2 Å². The fraction of sp³-hybridized carbons (Fsp3) is 0.362. The Morgan fingerprint density at radius 2 is 0.969 bits per heavy atom. The van der Waals surface area contributed by atoms with E-state index < -0.39 is 26.0 Å². The van der Waals surface area contributed by atoms with Gasteiger partial charge < -0.3 is 29.6 Å². The SMILES string of the molecule is CCO.CC[C@@H](Cn1ccc2cc(C(=O)O)ccc21)NS(=O)(=O)c1c(C)cc(C)cc1C.CC[C@@H](Cn1ccc2cc(C(=O)OC)ccc21)NS(=O)(=O)c1c(C)cc(C)cc1C.[Li+].[OH-]. The molecule has 6 aromatic rings. The molecule has 6 rings (SSSR count). The van der Waals surface area contributed by atoms with Crippen molar-refractivity contribution < 1.29 is 65.7 Å². The summed E-state index contributed by atoms with van der Waals surface area (Å²) in [6.45, 7) is 18.0. The quantitative estimate of drug-likeness (QED) is 0.0852. The molecule has 0 bridgehead atoms. The zero-order valence-corrected chi connectivity index (χ0v) is 40.3. The number of aromatic nitrogens is 2. The van der Waals surface area contributed by atoms with Gasteiger partial charge in [-0.15, -0.1) is 0 Å². The van der Waals surface area contributed by atoms with Crippen molar-refractivity contribution in [3.63, 3.8) is 0 Å². The third-order valence-electron chi connectivity index (χ3n) is 10.4. The van der Waals surface area contributed by atoms with Gasteiger partial charge in [-0.05, 0) is 132 Å². The van der Waals surface area contributed by atoms with E-state index in [2.05, 4.69) is 9.44 Å². The van der Waals surface area contributed by atoms with Gasteiger partial charge in [0, 0.05) is 66.0 Å². The van der Waals surface area contributed by atoms with Crippen LogP contribution >= 0.6 is 0 Å². The molecule has 342 valence electrons. The monoisotopic (exact) mass is 912 g/mol. The fourth-order valence-corrected chi connectivity index (χ4v) is 11.3. The summed E-state index contributed by atoms with van der Waals surface area (Å²) in [5.74, 6) is -1.35. The zero-order valence-electron chi connectivity index (χ0n) is 38.7. The van der Waals surface area contributed by atoms with Crippen molar-refractivity contribution in [3.8, 4) is 0 Å². The average Bonchev–Trinajstić information content (AvgIpc) is 3.78. The molecule has 2 aromatic heterocycles. The van der Waals surface area contributed by atoms with Gasteiger partial charge in [-0.2, -0.15) is 0 Å². The predicted octanol–water partition coefficient (Wildman–Crippen LogP) is 4.96. The summed E-state index contributed by atoms with van der Waals surface area (Å²) in [5.41, 5.74) is 7.56. The van der Waals surface area contributed by atoms with E-state index in [1.807, 2.05) is 119 Å². The van der Waals surface area contributed by atoms with Crippen molar-refractivity contribution >= 4 is 53.8 Å². The van der Waals surface area contributed by atoms with Crippen LogP contribution in [0.1, 0.15) is 87.7 Å². The topological polar surface area (TPSA) is 216 Å². The fourth-order valence-electron chi connectivity index (χ4n) is 7.81. The predicted molar refractivity (Wildman–Crippen MR) is 247 cm³/mol. The van der Waals surface area contributed by atoms with Crippen LogP contribution in [0.5, 0.6) is 0 Å². The van der Waals surface area contributed by atoms with Crippen LogP contribution in [0.4, 0.5) is 0 Å². The molecule has 0 fully saturated rings. The summed E-state index contributed by atoms with van der Waals surface area (Å²) in [6.07, 6.45) is 5.03. The summed E-state index contributed by atoms with van der Waals surface area (Å²) in [5, 5.41) is 18.4. The number of carbonyl (C=O) groups is 2. The molecular weight excluding hydrogens is 852 g/mol. The molecule has 0 aliphatic rings. The molecule has 14 nitrogen and oxygen atoms in total. The van der Waals surface area contributed by atoms with Gasteiger partial charge in [0.25, 0.3) is 0 Å². The van der Waals surface area contributed by atoms with Gasteiger partial charge in [0.1, 0.15) is 0 Å². The first-order valence-corrected chi connectivity index (χ1v) is 23.5. The Morgan fingerprint density at radius 1 is 0.625 bits per heavy atom. The van der Waals surface area contributed by atoms with Crippen molar-refractivity contribution in [2.24, 2.45) is 0 Å². The number of carboxylic acids is 1. The number of ether oxygens (including phenoxy) is 1. The minimum Gasteiger partial charge on any atom is -0.870 e. The number of rotatable bonds is 14. The van der Waals surface area contributed by atoms with Crippen molar-refractivity contribution in [3.05, 3.63) is 130 Å². The number of nitrogens with zero attached hydrogens (tertiary/aromatic N) is 2. The Bertz CT molecular complexity index is 2740. The third kappa shape index (κ3) is 13.6. The summed E-state index contributed by atoms with van der Waals surface area (Å²) in [6, 6.07) is 21.0. The average molecular weight is 913 g/mol. The van der Waals surface area contributed by atoms with Gasteiger partial charge in [-0.25, -0.2) is 35.9 Å². The second-order valence-electron chi connectivity index (χ2n) is 15.5. The van der Waals surface area contributed by atoms with E-state index >= 15 is 0 Å². The molecular formula is C47H61LiN4O10S2. The molecule has 2 atom stereocenters. The van der Waals surface area contributed by atoms with Crippen LogP contribution in [-0.4, -0.2) is 79.4 Å². The molecule has 0 aliphatic heterocycles. The van der Waals surface area contributed by atoms with Crippen LogP contribution in [0.2, 0.25) is 0 Å². The molecule has 0 aliphatic carbocycles. The second-order valence-corrected chi connectivity index (χ2v) is 18.8. The Morgan fingerprint density at radius 3 is 1.30 bits per heavy atom. The van der Waals surface area contributed by atoms with E-state index in [-0.39, 0.29) is 54.6 Å². The molecule has 17 heteroatoms. The summed E-state index contributed by atoms with van der Waals surface area (Å²) < 4.78 is 66.9. The first-order valence-electron chi connectivity index (χ1n) is 20.5. The van der Waals surface area contributed by atoms with Gasteiger partial charge >= 0.3 is 30.8 Å². The van der Waals surface area contributed by atoms with Gasteiger partial charge in [0.05, 0.1) is 28.0 Å². The Hall–Kier alpha value is -4.76. The molecule has 0 unspecified atom stereocenters. The van der Waals surface area contributed by atoms with Crippen LogP contribution in [0, 0.1) is 41.5 Å². The maximum atomic E-state index is 13.1. The number of aryl methyl sites for hydroxylation is 6. The number of benzene rings is 4. The van der Waals surface area contributed by atoms with Crippen LogP contribution in [0.15, 0.2) is 95.0 Å². The van der Waals surface area contributed by atoms with Crippen molar-refractivity contribution in [1.82, 2.24) is 18.6 Å². The second kappa shape index (κ2) is 24.0. The largest absolute Gasteiger partial charge is 1.00 e. The van der Waals surface area contributed by atoms with Gasteiger partial charge in [0.15, 0.2) is 0 Å². The van der Waals surface area contributed by atoms with Crippen molar-refractivity contribution in [2.75, 3.05) is 13.7 Å². The van der Waals surface area contributed by atoms with E-state index in [9.17, 15) is 26.4 Å². The Labute approximate surface area is 389 Å². The van der Waals surface area contributed by atoms with Crippen molar-refractivity contribution in [1.29, 1.82) is 0 Å². The van der Waals surface area contributed by atoms with E-state index in [0.29, 0.717) is 41.3 Å². The number of methoxy groups -OCH3 is 1. The normalized spacial score (nSPS) is 12.2. The maximum absolute atomic E-state index is 13.1. The number of carboxylic acid groups (broad SMARTS) is 1. The number of nitrogens with one attached hydrogen (secondary N) is 2.